The van der Waals surface area contributed by atoms with Crippen LogP contribution >= 0.6 is 11.6 Å². The van der Waals surface area contributed by atoms with Crippen molar-refractivity contribution in [3.8, 4) is 11.5 Å². The van der Waals surface area contributed by atoms with Gasteiger partial charge in [0.05, 0.1) is 16.6 Å². The van der Waals surface area contributed by atoms with Crippen LogP contribution in [0.1, 0.15) is 22.5 Å². The molecular weight excluding hydrogens is 331 g/mol. The molecule has 4 nitrogen and oxygen atoms in total. The first-order valence-corrected chi connectivity index (χ1v) is 7.04. The molecule has 0 radical (unpaired) electrons. The Bertz CT molecular complexity index is 918. The van der Waals surface area contributed by atoms with Gasteiger partial charge in [0.15, 0.2) is 5.82 Å². The number of hydrogen-bond donors (Lipinski definition) is 0. The van der Waals surface area contributed by atoms with Gasteiger partial charge in [0.2, 0.25) is 0 Å². The molecule has 120 valence electrons. The highest BCUT2D eigenvalue weighted by Crippen LogP contribution is 2.38. The summed E-state index contributed by atoms with van der Waals surface area (Å²) in [4.78, 5) is 8.29. The van der Waals surface area contributed by atoms with Crippen molar-refractivity contribution >= 4 is 22.5 Å². The van der Waals surface area contributed by atoms with Crippen LogP contribution in [0.3, 0.4) is 0 Å². The minimum Gasteiger partial charge on any atom is -0.334 e. The van der Waals surface area contributed by atoms with Gasteiger partial charge in [-0.05, 0) is 44.0 Å². The van der Waals surface area contributed by atoms with Gasteiger partial charge in [-0.3, -0.25) is 0 Å². The molecule has 23 heavy (non-hydrogen) atoms. The second-order valence-electron chi connectivity index (χ2n) is 5.24. The lowest BCUT2D eigenvalue weighted by atomic mass is 9.99. The van der Waals surface area contributed by atoms with Gasteiger partial charge in [-0.15, -0.1) is 0 Å². The third-order valence-corrected chi connectivity index (χ3v) is 3.84. The summed E-state index contributed by atoms with van der Waals surface area (Å²) < 4.78 is 44.2. The number of halogens is 4. The Hall–Kier alpha value is -2.15. The Balaban J connectivity index is 2.36. The number of aryl methyl sites for hydroxylation is 3. The number of hydrogen-bond acceptors (Lipinski definition) is 4. The summed E-state index contributed by atoms with van der Waals surface area (Å²) in [5.41, 5.74) is 0.937. The summed E-state index contributed by atoms with van der Waals surface area (Å²) >= 11 is 6.19. The van der Waals surface area contributed by atoms with Gasteiger partial charge in [-0.1, -0.05) is 16.8 Å². The average molecular weight is 342 g/mol. The van der Waals surface area contributed by atoms with E-state index in [0.29, 0.717) is 33.4 Å². The fourth-order valence-electron chi connectivity index (χ4n) is 2.47. The molecule has 0 atom stereocenters. The smallest absolute Gasteiger partial charge is 0.334 e. The van der Waals surface area contributed by atoms with Gasteiger partial charge in [-0.2, -0.15) is 18.2 Å². The van der Waals surface area contributed by atoms with E-state index in [4.69, 9.17) is 16.1 Å². The van der Waals surface area contributed by atoms with E-state index in [1.54, 1.807) is 20.8 Å². The zero-order chi connectivity index (χ0) is 16.9. The topological polar surface area (TPSA) is 51.8 Å². The standard InChI is InChI=1S/C15H11ClF3N3O/c1-6-4-9(15(17,18)19)5-10-7(2)11(13(16)21-12(6)10)14-20-8(3)22-23-14/h4-5H,1-3H3. The van der Waals surface area contributed by atoms with E-state index < -0.39 is 11.7 Å². The third kappa shape index (κ3) is 2.65. The molecule has 2 heterocycles. The summed E-state index contributed by atoms with van der Waals surface area (Å²) in [5, 5.41) is 4.14. The first kappa shape index (κ1) is 15.7. The van der Waals surface area contributed by atoms with Crippen LogP contribution in [-0.4, -0.2) is 15.1 Å². The monoisotopic (exact) mass is 341 g/mol. The summed E-state index contributed by atoms with van der Waals surface area (Å²) in [7, 11) is 0. The lowest BCUT2D eigenvalue weighted by Crippen LogP contribution is -2.06. The number of benzene rings is 1. The molecule has 0 unspecified atom stereocenters. The lowest BCUT2D eigenvalue weighted by Gasteiger charge is -2.13. The minimum absolute atomic E-state index is 0.113. The molecule has 0 amide bonds. The van der Waals surface area contributed by atoms with Gasteiger partial charge in [0.1, 0.15) is 5.15 Å². The number of fused-ring (bicyclic) bond motifs is 1. The average Bonchev–Trinajstić information content (AvgIpc) is 2.85. The Kier molecular flexibility index (Phi) is 3.55. The second kappa shape index (κ2) is 5.19. The Morgan fingerprint density at radius 1 is 1.09 bits per heavy atom. The first-order valence-electron chi connectivity index (χ1n) is 6.67. The molecule has 8 heteroatoms. The Morgan fingerprint density at radius 3 is 2.35 bits per heavy atom. The third-order valence-electron chi connectivity index (χ3n) is 3.56. The maximum Gasteiger partial charge on any atom is 0.416 e. The normalized spacial score (nSPS) is 12.1. The molecule has 0 saturated carbocycles. The lowest BCUT2D eigenvalue weighted by molar-refractivity contribution is -0.137. The molecule has 3 aromatic rings. The zero-order valence-corrected chi connectivity index (χ0v) is 13.2. The van der Waals surface area contributed by atoms with Crippen molar-refractivity contribution in [2.45, 2.75) is 26.9 Å². The van der Waals surface area contributed by atoms with Crippen molar-refractivity contribution in [2.75, 3.05) is 0 Å². The van der Waals surface area contributed by atoms with Crippen molar-refractivity contribution in [1.82, 2.24) is 15.1 Å². The maximum atomic E-state index is 13.0. The van der Waals surface area contributed by atoms with Crippen LogP contribution in [0.2, 0.25) is 5.15 Å². The van der Waals surface area contributed by atoms with Crippen LogP contribution in [0.15, 0.2) is 16.7 Å². The van der Waals surface area contributed by atoms with Crippen LogP contribution in [0.25, 0.3) is 22.4 Å². The van der Waals surface area contributed by atoms with Crippen LogP contribution in [0.4, 0.5) is 13.2 Å². The molecule has 0 saturated heterocycles. The molecule has 0 N–H and O–H groups in total. The molecule has 0 aliphatic rings. The van der Waals surface area contributed by atoms with Crippen LogP contribution in [0, 0.1) is 20.8 Å². The van der Waals surface area contributed by atoms with Crippen LogP contribution in [-0.2, 0) is 6.18 Å². The molecular formula is C15H11ClF3N3O. The van der Waals surface area contributed by atoms with E-state index in [2.05, 4.69) is 15.1 Å². The van der Waals surface area contributed by atoms with Gasteiger partial charge in [0, 0.05) is 5.39 Å². The van der Waals surface area contributed by atoms with Gasteiger partial charge in [0.25, 0.3) is 5.89 Å². The number of aromatic nitrogens is 3. The summed E-state index contributed by atoms with van der Waals surface area (Å²) in [5.74, 6) is 0.533. The zero-order valence-electron chi connectivity index (χ0n) is 12.4. The quantitative estimate of drug-likeness (QED) is 0.592. The molecule has 0 aliphatic carbocycles. The summed E-state index contributed by atoms with van der Waals surface area (Å²) in [6.45, 7) is 4.86. The SMILES string of the molecule is Cc1noc(-c2c(Cl)nc3c(C)cc(C(F)(F)F)cc3c2C)n1. The second-order valence-corrected chi connectivity index (χ2v) is 5.59. The summed E-state index contributed by atoms with van der Waals surface area (Å²) in [6.07, 6.45) is -4.44. The number of pyridine rings is 1. The molecule has 0 aliphatic heterocycles. The number of nitrogens with zero attached hydrogens (tertiary/aromatic N) is 3. The Morgan fingerprint density at radius 2 is 1.78 bits per heavy atom. The van der Waals surface area contributed by atoms with Crippen LogP contribution in [0.5, 0.6) is 0 Å². The predicted octanol–water partition coefficient (Wildman–Crippen LogP) is 4.88. The highest BCUT2D eigenvalue weighted by molar-refractivity contribution is 6.32. The first-order chi connectivity index (χ1) is 10.7. The van der Waals surface area contributed by atoms with Crippen molar-refractivity contribution in [1.29, 1.82) is 0 Å². The van der Waals surface area contributed by atoms with E-state index in [9.17, 15) is 13.2 Å². The minimum atomic E-state index is -4.44. The molecule has 0 fully saturated rings. The number of rotatable bonds is 1. The van der Waals surface area contributed by atoms with E-state index in [1.165, 1.54) is 0 Å². The highest BCUT2D eigenvalue weighted by Gasteiger charge is 2.32. The van der Waals surface area contributed by atoms with Gasteiger partial charge >= 0.3 is 6.18 Å². The van der Waals surface area contributed by atoms with E-state index >= 15 is 0 Å². The van der Waals surface area contributed by atoms with E-state index in [-0.39, 0.29) is 11.0 Å². The maximum absolute atomic E-state index is 13.0. The van der Waals surface area contributed by atoms with Gasteiger partial charge < -0.3 is 4.52 Å². The Labute approximate surface area is 134 Å². The van der Waals surface area contributed by atoms with Crippen molar-refractivity contribution in [3.05, 3.63) is 39.8 Å². The van der Waals surface area contributed by atoms with Crippen molar-refractivity contribution in [2.24, 2.45) is 0 Å². The molecule has 2 aromatic heterocycles. The fraction of sp³-hybridized carbons (Fsp3) is 0.267. The largest absolute Gasteiger partial charge is 0.416 e. The van der Waals surface area contributed by atoms with Crippen molar-refractivity contribution < 1.29 is 17.7 Å². The van der Waals surface area contributed by atoms with Crippen LogP contribution < -0.4 is 0 Å². The molecule has 0 bridgehead atoms. The van der Waals surface area contributed by atoms with E-state index in [0.717, 1.165) is 12.1 Å². The summed E-state index contributed by atoms with van der Waals surface area (Å²) in [6, 6.07) is 2.12. The van der Waals surface area contributed by atoms with Crippen molar-refractivity contribution in [3.63, 3.8) is 0 Å². The molecule has 0 spiro atoms. The van der Waals surface area contributed by atoms with E-state index in [1.807, 2.05) is 0 Å². The highest BCUT2D eigenvalue weighted by atomic mass is 35.5. The van der Waals surface area contributed by atoms with Gasteiger partial charge in [-0.25, -0.2) is 4.98 Å². The number of alkyl halides is 3. The molecule has 1 aromatic carbocycles. The fourth-order valence-corrected chi connectivity index (χ4v) is 2.78. The predicted molar refractivity (Wildman–Crippen MR) is 79.3 cm³/mol. The molecule has 3 rings (SSSR count).